The maximum Gasteiger partial charge on any atom is 0.200 e. The Morgan fingerprint density at radius 3 is 2.31 bits per heavy atom. The Balaban J connectivity index is 1.70. The van der Waals surface area contributed by atoms with Gasteiger partial charge in [0.15, 0.2) is 17.3 Å². The second kappa shape index (κ2) is 8.17. The van der Waals surface area contributed by atoms with Gasteiger partial charge in [-0.2, -0.15) is 0 Å². The van der Waals surface area contributed by atoms with Crippen LogP contribution in [0.3, 0.4) is 0 Å². The van der Waals surface area contributed by atoms with Crippen LogP contribution in [-0.4, -0.2) is 23.6 Å². The summed E-state index contributed by atoms with van der Waals surface area (Å²) in [6.45, 7) is 3.28. The number of ketones is 1. The summed E-state index contributed by atoms with van der Waals surface area (Å²) in [5, 5.41) is 1.06. The molecule has 4 aromatic rings. The van der Waals surface area contributed by atoms with Gasteiger partial charge in [0, 0.05) is 29.4 Å². The number of halogens is 1. The van der Waals surface area contributed by atoms with Gasteiger partial charge in [-0.15, -0.1) is 0 Å². The van der Waals surface area contributed by atoms with E-state index in [9.17, 15) is 9.59 Å². The van der Waals surface area contributed by atoms with Crippen molar-refractivity contribution < 1.29 is 14.3 Å². The molecule has 0 spiro atoms. The molecule has 1 aromatic heterocycles. The highest BCUT2D eigenvalue weighted by Crippen LogP contribution is 2.34. The highest BCUT2D eigenvalue weighted by Gasteiger charge is 2.21. The van der Waals surface area contributed by atoms with Gasteiger partial charge in [-0.3, -0.25) is 9.59 Å². The molecular weight excluding hydrogens is 426 g/mol. The second-order valence-electron chi connectivity index (χ2n) is 7.83. The Kier molecular flexibility index (Phi) is 5.19. The van der Waals surface area contributed by atoms with Crippen molar-refractivity contribution in [2.75, 3.05) is 13.2 Å². The molecule has 0 saturated heterocycles. The zero-order chi connectivity index (χ0) is 22.2. The summed E-state index contributed by atoms with van der Waals surface area (Å²) in [6, 6.07) is 18.2. The number of aryl methyl sites for hydroxylation is 1. The first-order valence-electron chi connectivity index (χ1n) is 10.3. The third-order valence-electron chi connectivity index (χ3n) is 5.57. The predicted octanol–water partition coefficient (Wildman–Crippen LogP) is 5.01. The topological polar surface area (TPSA) is 57.5 Å². The summed E-state index contributed by atoms with van der Waals surface area (Å²) in [7, 11) is 0. The molecule has 0 bridgehead atoms. The van der Waals surface area contributed by atoms with Crippen LogP contribution >= 0.6 is 11.6 Å². The molecule has 0 N–H and O–H groups in total. The summed E-state index contributed by atoms with van der Waals surface area (Å²) in [6.07, 6.45) is 1.64. The Hall–Kier alpha value is -3.57. The van der Waals surface area contributed by atoms with Crippen LogP contribution in [0.5, 0.6) is 11.5 Å². The number of hydrogen-bond donors (Lipinski definition) is 0. The van der Waals surface area contributed by atoms with E-state index in [0.717, 1.165) is 11.1 Å². The number of aromatic nitrogens is 1. The van der Waals surface area contributed by atoms with Gasteiger partial charge >= 0.3 is 0 Å². The van der Waals surface area contributed by atoms with Gasteiger partial charge in [0.1, 0.15) is 13.2 Å². The molecule has 5 nitrogen and oxygen atoms in total. The van der Waals surface area contributed by atoms with E-state index >= 15 is 0 Å². The average Bonchev–Trinajstić information content (AvgIpc) is 2.81. The molecule has 0 saturated carbocycles. The van der Waals surface area contributed by atoms with Crippen LogP contribution in [-0.2, 0) is 6.54 Å². The van der Waals surface area contributed by atoms with Gasteiger partial charge < -0.3 is 14.0 Å². The van der Waals surface area contributed by atoms with Gasteiger partial charge in [-0.25, -0.2) is 0 Å². The molecular formula is C26H20ClNO4. The lowest BCUT2D eigenvalue weighted by molar-refractivity contribution is 0.103. The fourth-order valence-electron chi connectivity index (χ4n) is 3.87. The Labute approximate surface area is 189 Å². The van der Waals surface area contributed by atoms with Crippen molar-refractivity contribution in [3.63, 3.8) is 0 Å². The third-order valence-corrected chi connectivity index (χ3v) is 5.82. The summed E-state index contributed by atoms with van der Waals surface area (Å²) < 4.78 is 13.3. The number of fused-ring (bicyclic) bond motifs is 2. The van der Waals surface area contributed by atoms with Crippen molar-refractivity contribution in [2.45, 2.75) is 13.5 Å². The van der Waals surface area contributed by atoms with Crippen molar-refractivity contribution in [1.29, 1.82) is 0 Å². The number of benzene rings is 3. The summed E-state index contributed by atoms with van der Waals surface area (Å²) in [5.41, 5.74) is 2.98. The number of ether oxygens (including phenoxy) is 2. The van der Waals surface area contributed by atoms with E-state index in [1.54, 1.807) is 30.5 Å². The van der Waals surface area contributed by atoms with Crippen LogP contribution in [0.2, 0.25) is 5.02 Å². The zero-order valence-corrected chi connectivity index (χ0v) is 18.2. The minimum absolute atomic E-state index is 0.118. The second-order valence-corrected chi connectivity index (χ2v) is 8.27. The molecule has 1 aliphatic heterocycles. The molecule has 2 heterocycles. The van der Waals surface area contributed by atoms with Gasteiger partial charge in [0.2, 0.25) is 5.43 Å². The van der Waals surface area contributed by atoms with E-state index in [4.69, 9.17) is 21.1 Å². The monoisotopic (exact) mass is 445 g/mol. The molecule has 0 radical (unpaired) electrons. The normalized spacial score (nSPS) is 12.7. The van der Waals surface area contributed by atoms with Crippen LogP contribution < -0.4 is 14.9 Å². The molecule has 0 amide bonds. The fraction of sp³-hybridized carbons (Fsp3) is 0.154. The lowest BCUT2D eigenvalue weighted by Gasteiger charge is -2.21. The minimum Gasteiger partial charge on any atom is -0.486 e. The van der Waals surface area contributed by atoms with Crippen LogP contribution in [0.1, 0.15) is 27.0 Å². The van der Waals surface area contributed by atoms with Crippen LogP contribution in [0.25, 0.3) is 10.9 Å². The van der Waals surface area contributed by atoms with Gasteiger partial charge in [0.05, 0.1) is 16.5 Å². The Morgan fingerprint density at radius 2 is 1.62 bits per heavy atom. The molecule has 6 heteroatoms. The van der Waals surface area contributed by atoms with Crippen LogP contribution in [0, 0.1) is 6.92 Å². The lowest BCUT2D eigenvalue weighted by Crippen LogP contribution is -2.21. The van der Waals surface area contributed by atoms with E-state index in [2.05, 4.69) is 0 Å². The summed E-state index contributed by atoms with van der Waals surface area (Å²) in [5.74, 6) is 0.793. The van der Waals surface area contributed by atoms with E-state index in [1.165, 1.54) is 0 Å². The smallest absolute Gasteiger partial charge is 0.200 e. The van der Waals surface area contributed by atoms with Crippen molar-refractivity contribution in [3.05, 3.63) is 104 Å². The highest BCUT2D eigenvalue weighted by molar-refractivity contribution is 6.30. The number of carbonyl (C=O) groups is 1. The van der Waals surface area contributed by atoms with Crippen LogP contribution in [0.15, 0.2) is 71.7 Å². The summed E-state index contributed by atoms with van der Waals surface area (Å²) >= 11 is 6.03. The molecule has 32 heavy (non-hydrogen) atoms. The number of nitrogens with zero attached hydrogens (tertiary/aromatic N) is 1. The molecule has 0 fully saturated rings. The molecule has 5 rings (SSSR count). The quantitative estimate of drug-likeness (QED) is 0.414. The van der Waals surface area contributed by atoms with Gasteiger partial charge in [-0.05, 0) is 30.7 Å². The van der Waals surface area contributed by atoms with Gasteiger partial charge in [-0.1, -0.05) is 53.6 Å². The van der Waals surface area contributed by atoms with E-state index in [0.29, 0.717) is 52.7 Å². The molecule has 0 atom stereocenters. The Morgan fingerprint density at radius 1 is 0.969 bits per heavy atom. The molecule has 1 aliphatic rings. The average molecular weight is 446 g/mol. The van der Waals surface area contributed by atoms with Crippen molar-refractivity contribution >= 4 is 28.3 Å². The molecule has 0 aliphatic carbocycles. The number of rotatable bonds is 4. The first-order chi connectivity index (χ1) is 15.5. The number of pyridine rings is 1. The first kappa shape index (κ1) is 20.3. The highest BCUT2D eigenvalue weighted by atomic mass is 35.5. The van der Waals surface area contributed by atoms with Crippen molar-refractivity contribution in [1.82, 2.24) is 4.57 Å². The number of carbonyl (C=O) groups excluding carboxylic acids is 1. The fourth-order valence-corrected chi connectivity index (χ4v) is 3.99. The van der Waals surface area contributed by atoms with E-state index in [1.807, 2.05) is 47.9 Å². The largest absolute Gasteiger partial charge is 0.486 e. The molecule has 160 valence electrons. The maximum absolute atomic E-state index is 13.4. The van der Waals surface area contributed by atoms with E-state index < -0.39 is 0 Å². The van der Waals surface area contributed by atoms with Crippen molar-refractivity contribution in [2.24, 2.45) is 0 Å². The third kappa shape index (κ3) is 3.76. The SMILES string of the molecule is Cc1ccc(C(=O)c2cn(Cc3ccc(Cl)cc3)c3cc4c(cc3c2=O)OCCO4)cc1. The zero-order valence-electron chi connectivity index (χ0n) is 17.4. The van der Waals surface area contributed by atoms with Crippen LogP contribution in [0.4, 0.5) is 0 Å². The van der Waals surface area contributed by atoms with Gasteiger partial charge in [0.25, 0.3) is 0 Å². The standard InChI is InChI=1S/C26H20ClNO4/c1-16-2-6-18(7-3-16)25(29)21-15-28(14-17-4-8-19(27)9-5-17)22-13-24-23(31-10-11-32-24)12-20(22)26(21)30/h2-9,12-13,15H,10-11,14H2,1H3. The first-order valence-corrected chi connectivity index (χ1v) is 10.7. The minimum atomic E-state index is -0.324. The van der Waals surface area contributed by atoms with Crippen molar-refractivity contribution in [3.8, 4) is 11.5 Å². The summed E-state index contributed by atoms with van der Waals surface area (Å²) in [4.78, 5) is 26.7. The van der Waals surface area contributed by atoms with E-state index in [-0.39, 0.29) is 16.8 Å². The lowest BCUT2D eigenvalue weighted by atomic mass is 10.0. The Bertz CT molecular complexity index is 1390. The number of hydrogen-bond acceptors (Lipinski definition) is 4. The molecule has 3 aromatic carbocycles. The molecule has 0 unspecified atom stereocenters. The predicted molar refractivity (Wildman–Crippen MR) is 124 cm³/mol. The maximum atomic E-state index is 13.4.